The first-order chi connectivity index (χ1) is 10.0. The van der Waals surface area contributed by atoms with Gasteiger partial charge in [0.05, 0.1) is 7.11 Å². The van der Waals surface area contributed by atoms with Gasteiger partial charge in [0, 0.05) is 5.56 Å². The molecule has 0 aliphatic heterocycles. The molecule has 2 N–H and O–H groups in total. The number of rotatable bonds is 5. The number of methoxy groups -OCH3 is 1. The van der Waals surface area contributed by atoms with Crippen LogP contribution in [0.1, 0.15) is 16.7 Å². The van der Waals surface area contributed by atoms with Gasteiger partial charge in [-0.15, -0.1) is 0 Å². The van der Waals surface area contributed by atoms with Crippen LogP contribution in [0.4, 0.5) is 4.39 Å². The smallest absolute Gasteiger partial charge is 0.165 e. The third-order valence-electron chi connectivity index (χ3n) is 3.08. The van der Waals surface area contributed by atoms with E-state index in [4.69, 9.17) is 27.4 Å². The van der Waals surface area contributed by atoms with E-state index in [-0.39, 0.29) is 12.4 Å². The molecule has 0 unspecified atom stereocenters. The molecule has 0 radical (unpaired) electrons. The maximum absolute atomic E-state index is 13.6. The molecule has 2 rings (SSSR count). The zero-order valence-electron chi connectivity index (χ0n) is 11.9. The van der Waals surface area contributed by atoms with Crippen molar-refractivity contribution < 1.29 is 13.9 Å². The molecule has 0 spiro atoms. The average molecular weight is 305 g/mol. The molecular weight excluding hydrogens is 289 g/mol. The summed E-state index contributed by atoms with van der Waals surface area (Å²) in [5, 5.41) is 0. The van der Waals surface area contributed by atoms with Gasteiger partial charge in [-0.2, -0.15) is 0 Å². The van der Waals surface area contributed by atoms with Gasteiger partial charge in [0.1, 0.15) is 17.3 Å². The van der Waals surface area contributed by atoms with Crippen LogP contribution in [-0.2, 0) is 6.61 Å². The molecule has 0 amide bonds. The molecule has 21 heavy (non-hydrogen) atoms. The van der Waals surface area contributed by atoms with Crippen LogP contribution in [0.15, 0.2) is 36.4 Å². The van der Waals surface area contributed by atoms with Crippen molar-refractivity contribution in [1.82, 2.24) is 0 Å². The van der Waals surface area contributed by atoms with Crippen LogP contribution in [0, 0.1) is 12.7 Å². The van der Waals surface area contributed by atoms with Gasteiger partial charge in [-0.25, -0.2) is 4.39 Å². The van der Waals surface area contributed by atoms with Crippen LogP contribution in [0.3, 0.4) is 0 Å². The Hall–Kier alpha value is -2.14. The monoisotopic (exact) mass is 305 g/mol. The van der Waals surface area contributed by atoms with Gasteiger partial charge in [-0.1, -0.05) is 30.4 Å². The molecule has 0 aliphatic carbocycles. The van der Waals surface area contributed by atoms with Crippen LogP contribution in [-0.4, -0.2) is 12.1 Å². The Bertz CT molecular complexity index is 673. The van der Waals surface area contributed by atoms with E-state index in [9.17, 15) is 4.39 Å². The number of hydrogen-bond acceptors (Lipinski definition) is 3. The molecule has 2 aromatic carbocycles. The number of nitrogens with two attached hydrogens (primary N) is 1. The molecular formula is C16H16FNO2S. The Morgan fingerprint density at radius 2 is 1.95 bits per heavy atom. The van der Waals surface area contributed by atoms with Crippen molar-refractivity contribution in [2.75, 3.05) is 7.11 Å². The fourth-order valence-corrected chi connectivity index (χ4v) is 2.00. The van der Waals surface area contributed by atoms with E-state index in [1.165, 1.54) is 13.2 Å². The molecule has 0 aromatic heterocycles. The zero-order chi connectivity index (χ0) is 15.4. The number of ether oxygens (including phenoxy) is 2. The molecule has 0 atom stereocenters. The van der Waals surface area contributed by atoms with E-state index in [0.29, 0.717) is 16.3 Å². The standard InChI is InChI=1S/C16H16FNO2S/c1-10-3-5-12(16(18)21)8-15(10)20-9-11-4-6-14(19-2)13(17)7-11/h3-8H,9H2,1-2H3,(H2,18,21). The highest BCUT2D eigenvalue weighted by Crippen LogP contribution is 2.22. The highest BCUT2D eigenvalue weighted by molar-refractivity contribution is 7.80. The third-order valence-corrected chi connectivity index (χ3v) is 3.32. The normalized spacial score (nSPS) is 10.2. The lowest BCUT2D eigenvalue weighted by Gasteiger charge is -2.11. The van der Waals surface area contributed by atoms with E-state index < -0.39 is 5.82 Å². The summed E-state index contributed by atoms with van der Waals surface area (Å²) >= 11 is 4.95. The summed E-state index contributed by atoms with van der Waals surface area (Å²) in [5.74, 6) is 0.481. The summed E-state index contributed by atoms with van der Waals surface area (Å²) in [6.45, 7) is 2.18. The van der Waals surface area contributed by atoms with Gasteiger partial charge < -0.3 is 15.2 Å². The van der Waals surface area contributed by atoms with Crippen molar-refractivity contribution in [3.63, 3.8) is 0 Å². The minimum atomic E-state index is -0.410. The highest BCUT2D eigenvalue weighted by atomic mass is 32.1. The second-order valence-electron chi connectivity index (χ2n) is 4.60. The first-order valence-corrected chi connectivity index (χ1v) is 6.77. The predicted octanol–water partition coefficient (Wildman–Crippen LogP) is 3.36. The number of aryl methyl sites for hydroxylation is 1. The molecule has 0 heterocycles. The topological polar surface area (TPSA) is 44.5 Å². The van der Waals surface area contributed by atoms with E-state index in [1.54, 1.807) is 18.2 Å². The summed E-state index contributed by atoms with van der Waals surface area (Å²) in [6.07, 6.45) is 0. The Labute approximate surface area is 128 Å². The summed E-state index contributed by atoms with van der Waals surface area (Å²) in [6, 6.07) is 10.3. The SMILES string of the molecule is COc1ccc(COc2cc(C(N)=S)ccc2C)cc1F. The largest absolute Gasteiger partial charge is 0.494 e. The Morgan fingerprint density at radius 1 is 1.19 bits per heavy atom. The Balaban J connectivity index is 2.14. The second kappa shape index (κ2) is 6.54. The van der Waals surface area contributed by atoms with Gasteiger partial charge in [0.2, 0.25) is 0 Å². The number of halogens is 1. The lowest BCUT2D eigenvalue weighted by Crippen LogP contribution is -2.09. The maximum atomic E-state index is 13.6. The first kappa shape index (κ1) is 15.3. The number of thiocarbonyl (C=S) groups is 1. The van der Waals surface area contributed by atoms with Crippen molar-refractivity contribution >= 4 is 17.2 Å². The lowest BCUT2D eigenvalue weighted by molar-refractivity contribution is 0.302. The molecule has 0 aliphatic rings. The molecule has 0 saturated carbocycles. The molecule has 0 fully saturated rings. The van der Waals surface area contributed by atoms with Crippen LogP contribution >= 0.6 is 12.2 Å². The van der Waals surface area contributed by atoms with E-state index >= 15 is 0 Å². The summed E-state index contributed by atoms with van der Waals surface area (Å²) in [7, 11) is 1.43. The predicted molar refractivity (Wildman–Crippen MR) is 84.4 cm³/mol. The molecule has 0 bridgehead atoms. The van der Waals surface area contributed by atoms with Crippen molar-refractivity contribution in [2.45, 2.75) is 13.5 Å². The van der Waals surface area contributed by atoms with Gasteiger partial charge >= 0.3 is 0 Å². The number of benzene rings is 2. The van der Waals surface area contributed by atoms with E-state index in [1.807, 2.05) is 19.1 Å². The fourth-order valence-electron chi connectivity index (χ4n) is 1.87. The van der Waals surface area contributed by atoms with Gasteiger partial charge in [-0.3, -0.25) is 0 Å². The molecule has 0 saturated heterocycles. The zero-order valence-corrected chi connectivity index (χ0v) is 12.7. The lowest BCUT2D eigenvalue weighted by atomic mass is 10.1. The molecule has 110 valence electrons. The van der Waals surface area contributed by atoms with E-state index in [2.05, 4.69) is 0 Å². The Kier molecular flexibility index (Phi) is 4.75. The quantitative estimate of drug-likeness (QED) is 0.860. The minimum Gasteiger partial charge on any atom is -0.494 e. The molecule has 3 nitrogen and oxygen atoms in total. The summed E-state index contributed by atoms with van der Waals surface area (Å²) in [4.78, 5) is 0.315. The van der Waals surface area contributed by atoms with Gasteiger partial charge in [-0.05, 0) is 36.2 Å². The van der Waals surface area contributed by atoms with Crippen molar-refractivity contribution in [3.8, 4) is 11.5 Å². The fraction of sp³-hybridized carbons (Fsp3) is 0.188. The summed E-state index contributed by atoms with van der Waals surface area (Å²) in [5.41, 5.74) is 8.02. The van der Waals surface area contributed by atoms with Gasteiger partial charge in [0.25, 0.3) is 0 Å². The average Bonchev–Trinajstić information content (AvgIpc) is 2.46. The maximum Gasteiger partial charge on any atom is 0.165 e. The van der Waals surface area contributed by atoms with Crippen molar-refractivity contribution in [1.29, 1.82) is 0 Å². The van der Waals surface area contributed by atoms with E-state index in [0.717, 1.165) is 11.1 Å². The second-order valence-corrected chi connectivity index (χ2v) is 5.04. The first-order valence-electron chi connectivity index (χ1n) is 6.37. The van der Waals surface area contributed by atoms with Crippen LogP contribution < -0.4 is 15.2 Å². The molecule has 2 aromatic rings. The third kappa shape index (κ3) is 3.70. The number of hydrogen-bond donors (Lipinski definition) is 1. The van der Waals surface area contributed by atoms with Crippen molar-refractivity contribution in [3.05, 3.63) is 58.9 Å². The van der Waals surface area contributed by atoms with Crippen LogP contribution in [0.5, 0.6) is 11.5 Å². The van der Waals surface area contributed by atoms with Crippen molar-refractivity contribution in [2.24, 2.45) is 5.73 Å². The van der Waals surface area contributed by atoms with Crippen LogP contribution in [0.25, 0.3) is 0 Å². The molecule has 5 heteroatoms. The van der Waals surface area contributed by atoms with Gasteiger partial charge in [0.15, 0.2) is 11.6 Å². The Morgan fingerprint density at radius 3 is 2.57 bits per heavy atom. The summed E-state index contributed by atoms with van der Waals surface area (Å²) < 4.78 is 24.2. The van der Waals surface area contributed by atoms with Crippen LogP contribution in [0.2, 0.25) is 0 Å². The minimum absolute atomic E-state index is 0.213. The highest BCUT2D eigenvalue weighted by Gasteiger charge is 2.07.